The molecule has 0 aliphatic heterocycles. The largest absolute Gasteiger partial charge is 0.145 e. The molecule has 0 aromatic carbocycles. The Bertz CT molecular complexity index is 229. The van der Waals surface area contributed by atoms with Crippen LogP contribution in [0.5, 0.6) is 0 Å². The first kappa shape index (κ1) is 8.75. The molecule has 1 aromatic heterocycles. The molecule has 0 fully saturated rings. The van der Waals surface area contributed by atoms with Gasteiger partial charge in [0.05, 0.1) is 8.07 Å². The number of hydrogen-bond donors (Lipinski definition) is 0. The van der Waals surface area contributed by atoms with Crippen molar-refractivity contribution in [3.8, 4) is 0 Å². The molecule has 0 bridgehead atoms. The Morgan fingerprint density at radius 1 is 1.36 bits per heavy atom. The van der Waals surface area contributed by atoms with Crippen LogP contribution in [0.25, 0.3) is 6.08 Å². The van der Waals surface area contributed by atoms with Crippen molar-refractivity contribution in [2.75, 3.05) is 0 Å². The van der Waals surface area contributed by atoms with E-state index < -0.39 is 8.07 Å². The molecule has 0 nitrogen and oxygen atoms in total. The summed E-state index contributed by atoms with van der Waals surface area (Å²) in [6.45, 7) is 7.03. The molecule has 1 aromatic rings. The molecule has 2 heteroatoms. The molecule has 0 saturated heterocycles. The molecular weight excluding hydrogens is 168 g/mol. The molecule has 11 heavy (non-hydrogen) atoms. The first-order chi connectivity index (χ1) is 5.08. The third kappa shape index (κ3) is 3.53. The van der Waals surface area contributed by atoms with Crippen molar-refractivity contribution in [2.45, 2.75) is 19.6 Å². The number of thiophene rings is 1. The molecule has 0 aliphatic rings. The van der Waals surface area contributed by atoms with Crippen molar-refractivity contribution in [1.29, 1.82) is 0 Å². The van der Waals surface area contributed by atoms with Gasteiger partial charge in [-0.25, -0.2) is 0 Å². The zero-order valence-corrected chi connectivity index (χ0v) is 9.11. The van der Waals surface area contributed by atoms with Gasteiger partial charge in [-0.15, -0.1) is 11.3 Å². The van der Waals surface area contributed by atoms with Gasteiger partial charge in [-0.3, -0.25) is 0 Å². The summed E-state index contributed by atoms with van der Waals surface area (Å²) >= 11 is 1.80. The summed E-state index contributed by atoms with van der Waals surface area (Å²) in [5.74, 6) is 0. The molecule has 0 spiro atoms. The summed E-state index contributed by atoms with van der Waals surface area (Å²) in [6, 6.07) is 4.25. The molecule has 1 rings (SSSR count). The molecule has 0 N–H and O–H groups in total. The standard InChI is InChI=1S/C9H14SSi/c1-11(2,3)8-6-9-5-4-7-10-9/h4-8H,1-3H3/b8-6-. The van der Waals surface area contributed by atoms with E-state index in [4.69, 9.17) is 0 Å². The average Bonchev–Trinajstić information content (AvgIpc) is 2.32. The fraction of sp³-hybridized carbons (Fsp3) is 0.333. The van der Waals surface area contributed by atoms with Crippen LogP contribution in [-0.2, 0) is 0 Å². The van der Waals surface area contributed by atoms with E-state index in [1.54, 1.807) is 11.3 Å². The highest BCUT2D eigenvalue weighted by Crippen LogP contribution is 2.12. The van der Waals surface area contributed by atoms with Gasteiger partial charge < -0.3 is 0 Å². The Kier molecular flexibility index (Phi) is 2.68. The lowest BCUT2D eigenvalue weighted by molar-refractivity contribution is 1.78. The summed E-state index contributed by atoms with van der Waals surface area (Å²) in [5, 5.41) is 2.11. The molecule has 0 radical (unpaired) electrons. The van der Waals surface area contributed by atoms with Crippen molar-refractivity contribution >= 4 is 25.5 Å². The van der Waals surface area contributed by atoms with Gasteiger partial charge in [0.25, 0.3) is 0 Å². The summed E-state index contributed by atoms with van der Waals surface area (Å²) in [5.41, 5.74) is 2.37. The molecule has 0 aliphatic carbocycles. The molecule has 0 saturated carbocycles. The van der Waals surface area contributed by atoms with E-state index in [0.717, 1.165) is 0 Å². The van der Waals surface area contributed by atoms with E-state index in [0.29, 0.717) is 0 Å². The van der Waals surface area contributed by atoms with E-state index in [-0.39, 0.29) is 0 Å². The van der Waals surface area contributed by atoms with E-state index >= 15 is 0 Å². The summed E-state index contributed by atoms with van der Waals surface area (Å²) < 4.78 is 0. The topological polar surface area (TPSA) is 0 Å². The number of hydrogen-bond acceptors (Lipinski definition) is 1. The van der Waals surface area contributed by atoms with Gasteiger partial charge in [0.15, 0.2) is 0 Å². The third-order valence-corrected chi connectivity index (χ3v) is 3.29. The van der Waals surface area contributed by atoms with Crippen molar-refractivity contribution in [1.82, 2.24) is 0 Å². The maximum absolute atomic E-state index is 2.37. The van der Waals surface area contributed by atoms with Crippen LogP contribution >= 0.6 is 11.3 Å². The van der Waals surface area contributed by atoms with E-state index in [1.165, 1.54) is 4.88 Å². The predicted molar refractivity (Wildman–Crippen MR) is 56.7 cm³/mol. The molecule has 60 valence electrons. The van der Waals surface area contributed by atoms with E-state index in [2.05, 4.69) is 48.9 Å². The van der Waals surface area contributed by atoms with Crippen LogP contribution in [0.2, 0.25) is 19.6 Å². The first-order valence-electron chi connectivity index (χ1n) is 3.81. The summed E-state index contributed by atoms with van der Waals surface area (Å²) in [4.78, 5) is 1.37. The van der Waals surface area contributed by atoms with E-state index in [9.17, 15) is 0 Å². The number of rotatable bonds is 2. The SMILES string of the molecule is C[Si](C)(C)/C=C\c1cccs1. The van der Waals surface area contributed by atoms with Crippen LogP contribution in [-0.4, -0.2) is 8.07 Å². The van der Waals surface area contributed by atoms with Crippen LogP contribution in [0.4, 0.5) is 0 Å². The predicted octanol–water partition coefficient (Wildman–Crippen LogP) is 3.64. The summed E-state index contributed by atoms with van der Waals surface area (Å²) in [6.07, 6.45) is 2.25. The van der Waals surface area contributed by atoms with Gasteiger partial charge in [0.1, 0.15) is 0 Å². The second-order valence-electron chi connectivity index (χ2n) is 3.71. The zero-order chi connectivity index (χ0) is 8.32. The molecule has 1 heterocycles. The first-order valence-corrected chi connectivity index (χ1v) is 8.26. The van der Waals surface area contributed by atoms with Crippen molar-refractivity contribution in [3.63, 3.8) is 0 Å². The van der Waals surface area contributed by atoms with Crippen LogP contribution in [0.3, 0.4) is 0 Å². The minimum Gasteiger partial charge on any atom is -0.145 e. The van der Waals surface area contributed by atoms with Crippen LogP contribution in [0.1, 0.15) is 4.88 Å². The zero-order valence-electron chi connectivity index (χ0n) is 7.29. The van der Waals surface area contributed by atoms with Gasteiger partial charge in [-0.05, 0) is 11.4 Å². The lowest BCUT2D eigenvalue weighted by atomic mass is 10.5. The van der Waals surface area contributed by atoms with Crippen molar-refractivity contribution in [3.05, 3.63) is 28.1 Å². The minimum atomic E-state index is -0.987. The lowest BCUT2D eigenvalue weighted by Crippen LogP contribution is -2.14. The van der Waals surface area contributed by atoms with Gasteiger partial charge >= 0.3 is 0 Å². The lowest BCUT2D eigenvalue weighted by Gasteiger charge is -2.06. The van der Waals surface area contributed by atoms with Gasteiger partial charge in [0.2, 0.25) is 0 Å². The molecule has 0 unspecified atom stereocenters. The smallest absolute Gasteiger partial charge is 0.0687 e. The van der Waals surface area contributed by atoms with Crippen molar-refractivity contribution < 1.29 is 0 Å². The van der Waals surface area contributed by atoms with Gasteiger partial charge in [-0.2, -0.15) is 0 Å². The highest BCUT2D eigenvalue weighted by molar-refractivity contribution is 7.10. The van der Waals surface area contributed by atoms with Crippen molar-refractivity contribution in [2.24, 2.45) is 0 Å². The summed E-state index contributed by atoms with van der Waals surface area (Å²) in [7, 11) is -0.987. The monoisotopic (exact) mass is 182 g/mol. The normalized spacial score (nSPS) is 12.6. The second kappa shape index (κ2) is 3.37. The molecular formula is C9H14SSi. The van der Waals surface area contributed by atoms with Gasteiger partial charge in [0, 0.05) is 4.88 Å². The Morgan fingerprint density at radius 3 is 2.55 bits per heavy atom. The third-order valence-electron chi connectivity index (χ3n) is 1.29. The molecule has 0 amide bonds. The molecule has 0 atom stereocenters. The highest BCUT2D eigenvalue weighted by Gasteiger charge is 2.06. The minimum absolute atomic E-state index is 0.987. The quantitative estimate of drug-likeness (QED) is 0.613. The second-order valence-corrected chi connectivity index (χ2v) is 9.76. The average molecular weight is 182 g/mol. The Hall–Kier alpha value is -0.343. The maximum atomic E-state index is 2.37. The van der Waals surface area contributed by atoms with Crippen LogP contribution in [0.15, 0.2) is 23.2 Å². The highest BCUT2D eigenvalue weighted by atomic mass is 32.1. The van der Waals surface area contributed by atoms with E-state index in [1.807, 2.05) is 0 Å². The maximum Gasteiger partial charge on any atom is 0.0687 e. The fourth-order valence-electron chi connectivity index (χ4n) is 0.718. The van der Waals surface area contributed by atoms with Gasteiger partial charge in [-0.1, -0.05) is 37.5 Å². The Labute approximate surface area is 73.6 Å². The fourth-order valence-corrected chi connectivity index (χ4v) is 2.14. The van der Waals surface area contributed by atoms with Crippen LogP contribution in [0, 0.1) is 0 Å². The Balaban J connectivity index is 2.63. The van der Waals surface area contributed by atoms with Crippen LogP contribution < -0.4 is 0 Å². The Morgan fingerprint density at radius 2 is 2.09 bits per heavy atom.